The highest BCUT2D eigenvalue weighted by atomic mass is 32.2. The van der Waals surface area contributed by atoms with E-state index in [9.17, 15) is 5.11 Å². The zero-order valence-corrected chi connectivity index (χ0v) is 10.4. The van der Waals surface area contributed by atoms with Crippen LogP contribution in [0.2, 0.25) is 0 Å². The van der Waals surface area contributed by atoms with Crippen LogP contribution >= 0.6 is 11.8 Å². The van der Waals surface area contributed by atoms with E-state index in [1.807, 2.05) is 20.1 Å². The lowest BCUT2D eigenvalue weighted by Gasteiger charge is -2.19. The van der Waals surface area contributed by atoms with Crippen LogP contribution in [-0.4, -0.2) is 27.6 Å². The molecule has 5 heteroatoms. The maximum Gasteiger partial charge on any atom is 0.232 e. The second-order valence-electron chi connectivity index (χ2n) is 3.99. The molecule has 15 heavy (non-hydrogen) atoms. The quantitative estimate of drug-likeness (QED) is 0.839. The number of aliphatic hydroxyl groups is 1. The van der Waals surface area contributed by atoms with E-state index in [2.05, 4.69) is 10.1 Å². The van der Waals surface area contributed by atoms with Crippen molar-refractivity contribution >= 4 is 11.8 Å². The van der Waals surface area contributed by atoms with Gasteiger partial charge < -0.3 is 9.63 Å². The lowest BCUT2D eigenvalue weighted by Crippen LogP contribution is -2.20. The molecule has 0 saturated carbocycles. The summed E-state index contributed by atoms with van der Waals surface area (Å²) in [4.78, 5) is 4.28. The maximum atomic E-state index is 9.64. The van der Waals surface area contributed by atoms with E-state index in [0.717, 1.165) is 5.75 Å². The number of nitrogens with zero attached hydrogens (tertiary/aromatic N) is 2. The average Bonchev–Trinajstić information content (AvgIpc) is 2.52. The van der Waals surface area contributed by atoms with Crippen LogP contribution < -0.4 is 0 Å². The van der Waals surface area contributed by atoms with Gasteiger partial charge in [-0.1, -0.05) is 19.0 Å². The fourth-order valence-corrected chi connectivity index (χ4v) is 2.01. The van der Waals surface area contributed by atoms with E-state index in [-0.39, 0.29) is 11.8 Å². The minimum atomic E-state index is -0.465. The topological polar surface area (TPSA) is 59.2 Å². The van der Waals surface area contributed by atoms with Gasteiger partial charge in [-0.05, 0) is 19.1 Å². The number of thioether (sulfide) groups is 1. The third kappa shape index (κ3) is 3.21. The zero-order chi connectivity index (χ0) is 11.4. The lowest BCUT2D eigenvalue weighted by atomic mass is 9.91. The average molecular weight is 230 g/mol. The van der Waals surface area contributed by atoms with Crippen LogP contribution in [0.1, 0.15) is 38.4 Å². The Labute approximate surface area is 94.5 Å². The van der Waals surface area contributed by atoms with Crippen LogP contribution in [-0.2, 0) is 5.75 Å². The van der Waals surface area contributed by atoms with Crippen LogP contribution in [0.25, 0.3) is 0 Å². The normalized spacial score (nSPS) is 15.6. The maximum absolute atomic E-state index is 9.64. The van der Waals surface area contributed by atoms with Gasteiger partial charge in [0.1, 0.15) is 0 Å². The van der Waals surface area contributed by atoms with Gasteiger partial charge in [-0.3, -0.25) is 0 Å². The van der Waals surface area contributed by atoms with Crippen molar-refractivity contribution < 1.29 is 9.63 Å². The molecule has 0 aliphatic carbocycles. The zero-order valence-electron chi connectivity index (χ0n) is 9.60. The Morgan fingerprint density at radius 2 is 2.07 bits per heavy atom. The van der Waals surface area contributed by atoms with Crippen LogP contribution in [0.3, 0.4) is 0 Å². The Kier molecular flexibility index (Phi) is 4.60. The molecule has 86 valence electrons. The van der Waals surface area contributed by atoms with Crippen molar-refractivity contribution in [1.29, 1.82) is 0 Å². The molecule has 0 bridgehead atoms. The summed E-state index contributed by atoms with van der Waals surface area (Å²) in [7, 11) is 0. The van der Waals surface area contributed by atoms with E-state index in [1.165, 1.54) is 0 Å². The Bertz CT molecular complexity index is 291. The van der Waals surface area contributed by atoms with Crippen molar-refractivity contribution in [2.75, 3.05) is 6.26 Å². The summed E-state index contributed by atoms with van der Waals surface area (Å²) in [6.07, 6.45) is 1.53. The monoisotopic (exact) mass is 230 g/mol. The van der Waals surface area contributed by atoms with Crippen molar-refractivity contribution in [3.63, 3.8) is 0 Å². The number of hydrogen-bond acceptors (Lipinski definition) is 5. The molecule has 4 nitrogen and oxygen atoms in total. The van der Waals surface area contributed by atoms with Gasteiger partial charge in [-0.15, -0.1) is 0 Å². The van der Waals surface area contributed by atoms with E-state index >= 15 is 0 Å². The first-order valence-corrected chi connectivity index (χ1v) is 6.45. The Hall–Kier alpha value is -0.550. The van der Waals surface area contributed by atoms with E-state index < -0.39 is 6.10 Å². The molecule has 0 spiro atoms. The molecule has 2 unspecified atom stereocenters. The molecule has 1 aromatic heterocycles. The summed E-state index contributed by atoms with van der Waals surface area (Å²) in [6, 6.07) is 0. The largest absolute Gasteiger partial charge is 0.393 e. The van der Waals surface area contributed by atoms with Crippen molar-refractivity contribution in [2.45, 2.75) is 38.5 Å². The molecule has 1 aromatic rings. The number of rotatable bonds is 5. The minimum absolute atomic E-state index is 0.0758. The van der Waals surface area contributed by atoms with E-state index in [0.29, 0.717) is 11.7 Å². The fourth-order valence-electron chi connectivity index (χ4n) is 1.64. The summed E-state index contributed by atoms with van der Waals surface area (Å²) in [5.41, 5.74) is 0. The second kappa shape index (κ2) is 5.51. The molecular weight excluding hydrogens is 212 g/mol. The second-order valence-corrected chi connectivity index (χ2v) is 4.86. The number of hydrogen-bond donors (Lipinski definition) is 1. The first-order chi connectivity index (χ1) is 7.06. The molecule has 2 atom stereocenters. The van der Waals surface area contributed by atoms with Gasteiger partial charge in [0, 0.05) is 0 Å². The van der Waals surface area contributed by atoms with Gasteiger partial charge in [0.15, 0.2) is 5.82 Å². The lowest BCUT2D eigenvalue weighted by molar-refractivity contribution is 0.120. The molecule has 1 rings (SSSR count). The van der Waals surface area contributed by atoms with Crippen LogP contribution in [0.5, 0.6) is 0 Å². The van der Waals surface area contributed by atoms with Gasteiger partial charge in [0.2, 0.25) is 5.89 Å². The van der Waals surface area contributed by atoms with Crippen LogP contribution in [0, 0.1) is 5.92 Å². The molecule has 0 amide bonds. The van der Waals surface area contributed by atoms with Gasteiger partial charge in [-0.2, -0.15) is 16.7 Å². The summed E-state index contributed by atoms with van der Waals surface area (Å²) >= 11 is 1.65. The molecule has 0 aromatic carbocycles. The molecule has 1 N–H and O–H groups in total. The SMILES string of the molecule is CSCc1noc(C(C(C)C)C(C)O)n1. The standard InChI is InChI=1S/C10H18N2O2S/c1-6(2)9(7(3)13)10-11-8(5-15-4)12-14-10/h6-7,9,13H,5H2,1-4H3. The minimum Gasteiger partial charge on any atom is -0.393 e. The van der Waals surface area contributed by atoms with Gasteiger partial charge in [-0.25, -0.2) is 0 Å². The third-order valence-corrected chi connectivity index (χ3v) is 2.83. The number of aliphatic hydroxyl groups excluding tert-OH is 1. The smallest absolute Gasteiger partial charge is 0.232 e. The van der Waals surface area contributed by atoms with Crippen molar-refractivity contribution in [1.82, 2.24) is 10.1 Å². The summed E-state index contributed by atoms with van der Waals surface area (Å²) < 4.78 is 5.17. The molecule has 0 fully saturated rings. The highest BCUT2D eigenvalue weighted by molar-refractivity contribution is 7.97. The molecule has 1 heterocycles. The number of aromatic nitrogens is 2. The Morgan fingerprint density at radius 1 is 1.40 bits per heavy atom. The van der Waals surface area contributed by atoms with E-state index in [4.69, 9.17) is 4.52 Å². The first-order valence-electron chi connectivity index (χ1n) is 5.05. The van der Waals surface area contributed by atoms with E-state index in [1.54, 1.807) is 18.7 Å². The molecule has 0 aliphatic rings. The summed E-state index contributed by atoms with van der Waals surface area (Å²) in [5, 5.41) is 13.5. The first kappa shape index (κ1) is 12.5. The predicted molar refractivity (Wildman–Crippen MR) is 60.8 cm³/mol. The van der Waals surface area contributed by atoms with Crippen molar-refractivity contribution in [3.8, 4) is 0 Å². The highest BCUT2D eigenvalue weighted by Crippen LogP contribution is 2.26. The predicted octanol–water partition coefficient (Wildman–Crippen LogP) is 2.05. The van der Waals surface area contributed by atoms with Crippen LogP contribution in [0.4, 0.5) is 0 Å². The molecular formula is C10H18N2O2S. The third-order valence-electron chi connectivity index (χ3n) is 2.28. The Balaban J connectivity index is 2.82. The highest BCUT2D eigenvalue weighted by Gasteiger charge is 2.26. The van der Waals surface area contributed by atoms with Gasteiger partial charge in [0.05, 0.1) is 17.8 Å². The fraction of sp³-hybridized carbons (Fsp3) is 0.800. The van der Waals surface area contributed by atoms with Gasteiger partial charge in [0.25, 0.3) is 0 Å². The van der Waals surface area contributed by atoms with Crippen LogP contribution in [0.15, 0.2) is 4.52 Å². The molecule has 0 radical (unpaired) electrons. The van der Waals surface area contributed by atoms with Gasteiger partial charge >= 0.3 is 0 Å². The summed E-state index contributed by atoms with van der Waals surface area (Å²) in [6.45, 7) is 5.83. The Morgan fingerprint density at radius 3 is 2.53 bits per heavy atom. The molecule has 0 aliphatic heterocycles. The summed E-state index contributed by atoms with van der Waals surface area (Å²) in [5.74, 6) is 2.20. The van der Waals surface area contributed by atoms with Crippen molar-refractivity contribution in [3.05, 3.63) is 11.7 Å². The van der Waals surface area contributed by atoms with Crippen molar-refractivity contribution in [2.24, 2.45) is 5.92 Å². The molecule has 0 saturated heterocycles.